The molecule has 1 heterocycles. The van der Waals surface area contributed by atoms with E-state index < -0.39 is 79.4 Å². The van der Waals surface area contributed by atoms with E-state index in [1.807, 2.05) is 44.2 Å². The molecule has 0 saturated carbocycles. The number of unbranched alkanes of at least 4 members (excludes halogenated alkanes) is 6. The van der Waals surface area contributed by atoms with Crippen LogP contribution < -0.4 is 34.4 Å². The van der Waals surface area contributed by atoms with Gasteiger partial charge in [-0.2, -0.15) is 0 Å². The number of Topliss-reactive ketones (excluding diaryl/α,β-unsaturated/α-hetero) is 5. The van der Waals surface area contributed by atoms with Crippen LogP contribution >= 0.6 is 0 Å². The zero-order valence-electron chi connectivity index (χ0n) is 51.2. The van der Waals surface area contributed by atoms with Gasteiger partial charge in [-0.3, -0.25) is 24.0 Å². The topological polar surface area (TPSA) is 470 Å². The number of aromatic nitrogens is 2. The highest BCUT2D eigenvalue weighted by Crippen LogP contribution is 2.10. The SMILES string of the molecule is CC(C)[C@H](N)C(=O)CCCCS(C)(=O)=O.CS(=O)(=O)CCCCC(=O)[C@@H](N)CCCCN.CS(=O)(=O)CCCCC(=O)[C@@H](N)CO.CS(=O)(=O)CCCCC(=O)[C@@H](N)COCc1ccccc1.CS(=O)(=O)CCCCC(=O)[C@@H](N)Cc1cnc[nH]1. The third kappa shape index (κ3) is 57.7. The summed E-state index contributed by atoms with van der Waals surface area (Å²) >= 11 is 0. The normalized spacial score (nSPS) is 13.6. The van der Waals surface area contributed by atoms with Gasteiger partial charge in [-0.05, 0) is 95.1 Å². The van der Waals surface area contributed by atoms with E-state index in [9.17, 15) is 66.1 Å². The second kappa shape index (κ2) is 47.2. The molecule has 0 radical (unpaired) electrons. The lowest BCUT2D eigenvalue weighted by Gasteiger charge is -2.13. The fourth-order valence-corrected chi connectivity index (χ4v) is 10.7. The molecule has 14 N–H and O–H groups in total. The van der Waals surface area contributed by atoms with Crippen molar-refractivity contribution in [3.8, 4) is 0 Å². The molecule has 0 spiro atoms. The minimum atomic E-state index is -2.95. The highest BCUT2D eigenvalue weighted by molar-refractivity contribution is 7.91. The molecule has 1 aromatic carbocycles. The van der Waals surface area contributed by atoms with Gasteiger partial charge in [0.25, 0.3) is 0 Å². The first-order valence-electron chi connectivity index (χ1n) is 28.4. The van der Waals surface area contributed by atoms with Crippen LogP contribution in [-0.2, 0) is 90.9 Å². The molecule has 2 aromatic rings. The number of ether oxygens (including phenoxy) is 1. The lowest BCUT2D eigenvalue weighted by Crippen LogP contribution is -2.35. The summed E-state index contributed by atoms with van der Waals surface area (Å²) in [5.41, 5.74) is 35.4. The van der Waals surface area contributed by atoms with Crippen molar-refractivity contribution in [1.29, 1.82) is 0 Å². The van der Waals surface area contributed by atoms with Gasteiger partial charge in [-0.25, -0.2) is 47.1 Å². The monoisotopic (exact) mass is 1310 g/mol. The number of nitrogens with zero attached hydrogens (tertiary/aromatic N) is 1. The van der Waals surface area contributed by atoms with E-state index in [4.69, 9.17) is 44.2 Å². The Hall–Kier alpha value is -3.79. The third-order valence-electron chi connectivity index (χ3n) is 12.3. The fraction of sp³-hybridized carbons (Fsp3) is 0.745. The maximum absolute atomic E-state index is 11.8. The maximum atomic E-state index is 11.8. The van der Waals surface area contributed by atoms with Crippen LogP contribution in [0.2, 0.25) is 0 Å². The van der Waals surface area contributed by atoms with Crippen LogP contribution in [0.3, 0.4) is 0 Å². The number of hydrogen-bond donors (Lipinski definition) is 8. The lowest BCUT2D eigenvalue weighted by atomic mass is 9.98. The second-order valence-corrected chi connectivity index (χ2v) is 33.0. The molecule has 5 atom stereocenters. The van der Waals surface area contributed by atoms with Gasteiger partial charge in [0.15, 0.2) is 11.6 Å². The summed E-state index contributed by atoms with van der Waals surface area (Å²) in [6, 6.07) is 6.80. The van der Waals surface area contributed by atoms with Crippen molar-refractivity contribution >= 4 is 78.1 Å². The van der Waals surface area contributed by atoms with Gasteiger partial charge in [0.05, 0.1) is 56.4 Å². The first kappa shape index (κ1) is 85.4. The standard InChI is InChI=1S/C15H23NO4S.C11H19N3O3S.C11H24N2O3S.C10H21NO3S.C8H17NO4S/c1-21(18,19)10-6-5-9-15(17)14(16)12-20-11-13-7-3-2-4-8-13;1-18(16,17)5-3-2-4-11(15)10(12)6-9-7-13-8-14-9;1-17(15,16)9-5-3-7-11(14)10(13)6-2-4-8-12;1-8(2)10(11)9(12)6-4-5-7-15(3,13)14;1-14(12,13)5-3-2-4-8(11)7(9)6-10/h2-4,7-8,14H,5-6,9-12,16H2,1H3;7-8,10H,2-6,12H2,1H3,(H,13,14);10H,2-9,12-13H2,1H3;8,10H,4-7,11H2,1-3H3;7,10H,2-6,9H2,1H3/t14-;3*10-;7-/m00000/s1. The minimum Gasteiger partial charge on any atom is -0.394 e. The number of aromatic amines is 1. The van der Waals surface area contributed by atoms with Crippen LogP contribution in [-0.4, -0.2) is 196 Å². The van der Waals surface area contributed by atoms with Crippen molar-refractivity contribution < 1.29 is 75.9 Å². The van der Waals surface area contributed by atoms with Crippen molar-refractivity contribution in [3.05, 3.63) is 54.1 Å². The zero-order chi connectivity index (χ0) is 65.9. The van der Waals surface area contributed by atoms with Crippen LogP contribution in [0.5, 0.6) is 0 Å². The molecule has 1 aromatic heterocycles. The third-order valence-corrected chi connectivity index (χ3v) is 17.4. The molecule has 25 nitrogen and oxygen atoms in total. The Labute approximate surface area is 508 Å². The van der Waals surface area contributed by atoms with Gasteiger partial charge in [0.1, 0.15) is 66.5 Å². The van der Waals surface area contributed by atoms with Gasteiger partial charge in [0, 0.05) is 110 Å². The molecule has 0 saturated heterocycles. The molecular formula is C55H104N8O17S5. The summed E-state index contributed by atoms with van der Waals surface area (Å²) in [5, 5.41) is 8.55. The Morgan fingerprint density at radius 2 is 0.871 bits per heavy atom. The summed E-state index contributed by atoms with van der Waals surface area (Å²) in [4.78, 5) is 64.2. The molecule has 0 bridgehead atoms. The Morgan fingerprint density at radius 1 is 0.506 bits per heavy atom. The molecule has 496 valence electrons. The first-order valence-corrected chi connectivity index (χ1v) is 38.7. The number of nitrogens with two attached hydrogens (primary N) is 6. The molecule has 0 fully saturated rings. The van der Waals surface area contributed by atoms with Gasteiger partial charge in [-0.15, -0.1) is 0 Å². The molecule has 85 heavy (non-hydrogen) atoms. The van der Waals surface area contributed by atoms with E-state index in [1.54, 1.807) is 12.5 Å². The van der Waals surface area contributed by atoms with E-state index in [0.717, 1.165) is 30.4 Å². The summed E-state index contributed by atoms with van der Waals surface area (Å²) < 4.78 is 114. The minimum absolute atomic E-state index is 0.0236. The zero-order valence-corrected chi connectivity index (χ0v) is 55.3. The highest BCUT2D eigenvalue weighted by atomic mass is 32.2. The predicted molar refractivity (Wildman–Crippen MR) is 336 cm³/mol. The van der Waals surface area contributed by atoms with Crippen molar-refractivity contribution in [2.24, 2.45) is 40.3 Å². The first-order chi connectivity index (χ1) is 39.2. The largest absolute Gasteiger partial charge is 0.394 e. The number of sulfone groups is 5. The molecule has 0 amide bonds. The van der Waals surface area contributed by atoms with Gasteiger partial charge in [-0.1, -0.05) is 50.6 Å². The predicted octanol–water partition coefficient (Wildman–Crippen LogP) is 1.45. The number of carbonyl (C=O) groups is 5. The highest BCUT2D eigenvalue weighted by Gasteiger charge is 2.19. The Kier molecular flexibility index (Phi) is 47.5. The summed E-state index contributed by atoms with van der Waals surface area (Å²) in [7, 11) is -14.7. The molecule has 0 unspecified atom stereocenters. The van der Waals surface area contributed by atoms with E-state index in [2.05, 4.69) is 9.97 Å². The van der Waals surface area contributed by atoms with Crippen LogP contribution in [0.1, 0.15) is 141 Å². The molecular weight excluding hydrogens is 1200 g/mol. The lowest BCUT2D eigenvalue weighted by molar-refractivity contribution is -0.122. The number of benzene rings is 1. The van der Waals surface area contributed by atoms with E-state index in [1.165, 1.54) is 25.0 Å². The number of carbonyl (C=O) groups excluding carboxylic acids is 5. The molecule has 0 aliphatic heterocycles. The van der Waals surface area contributed by atoms with Gasteiger partial charge in [0.2, 0.25) is 0 Å². The number of H-pyrrole nitrogens is 1. The van der Waals surface area contributed by atoms with E-state index >= 15 is 0 Å². The second-order valence-electron chi connectivity index (χ2n) is 21.7. The van der Waals surface area contributed by atoms with Crippen LogP contribution in [0, 0.1) is 5.92 Å². The van der Waals surface area contributed by atoms with Crippen LogP contribution in [0.15, 0.2) is 42.9 Å². The summed E-state index contributed by atoms with van der Waals surface area (Å²) in [5.74, 6) is 0.460. The van der Waals surface area contributed by atoms with E-state index in [0.29, 0.717) is 116 Å². The summed E-state index contributed by atoms with van der Waals surface area (Å²) in [6.45, 7) is 4.67. The number of ketones is 5. The smallest absolute Gasteiger partial charge is 0.151 e. The molecule has 2 rings (SSSR count). The van der Waals surface area contributed by atoms with Crippen molar-refractivity contribution in [1.82, 2.24) is 9.97 Å². The van der Waals surface area contributed by atoms with Gasteiger partial charge < -0.3 is 49.2 Å². The maximum Gasteiger partial charge on any atom is 0.151 e. The fourth-order valence-electron chi connectivity index (χ4n) is 7.09. The van der Waals surface area contributed by atoms with Crippen LogP contribution in [0.4, 0.5) is 0 Å². The molecule has 30 heteroatoms. The van der Waals surface area contributed by atoms with Crippen molar-refractivity contribution in [3.63, 3.8) is 0 Å². The quantitative estimate of drug-likeness (QED) is 0.0436. The number of nitrogens with one attached hydrogen (secondary N) is 1. The Morgan fingerprint density at radius 3 is 1.21 bits per heavy atom. The molecule has 0 aliphatic carbocycles. The van der Waals surface area contributed by atoms with Gasteiger partial charge >= 0.3 is 0 Å². The number of aliphatic hydroxyl groups is 1. The number of rotatable bonds is 42. The average Bonchev–Trinajstić information content (AvgIpc) is 3.95. The average molecular weight is 1310 g/mol. The Bertz CT molecular complexity index is 2740. The number of hydrogen-bond acceptors (Lipinski definition) is 24. The van der Waals surface area contributed by atoms with Crippen LogP contribution in [0.25, 0.3) is 0 Å². The van der Waals surface area contributed by atoms with Crippen molar-refractivity contribution in [2.75, 3.05) is 79.8 Å². The van der Waals surface area contributed by atoms with E-state index in [-0.39, 0.29) is 83.2 Å². The summed E-state index contributed by atoms with van der Waals surface area (Å²) in [6.07, 6.45) is 18.9. The number of imidazole rings is 1. The number of aliphatic hydroxyl groups excluding tert-OH is 1. The molecule has 0 aliphatic rings. The van der Waals surface area contributed by atoms with Crippen molar-refractivity contribution in [2.45, 2.75) is 173 Å². The Balaban J connectivity index is -0.000000996.